The first-order chi connectivity index (χ1) is 8.07. The largest absolute Gasteiger partial charge is 0.382 e. The Balaban J connectivity index is 2.35. The highest BCUT2D eigenvalue weighted by atomic mass is 32.1. The van der Waals surface area contributed by atoms with Gasteiger partial charge in [-0.25, -0.2) is 0 Å². The zero-order chi connectivity index (χ0) is 12.8. The predicted molar refractivity (Wildman–Crippen MR) is 80.9 cm³/mol. The third-order valence-electron chi connectivity index (χ3n) is 2.60. The first-order valence-corrected chi connectivity index (χ1v) is 6.85. The van der Waals surface area contributed by atoms with Crippen molar-refractivity contribution >= 4 is 35.8 Å². The minimum atomic E-state index is 0.803. The maximum absolute atomic E-state index is 5.23. The number of unbranched alkanes of at least 4 members (excludes halogenated alkanes) is 1. The van der Waals surface area contributed by atoms with Crippen molar-refractivity contribution in [3.63, 3.8) is 0 Å². The molecule has 0 heterocycles. The molecule has 0 aromatic heterocycles. The van der Waals surface area contributed by atoms with Crippen molar-refractivity contribution in [2.75, 3.05) is 44.4 Å². The molecule has 17 heavy (non-hydrogen) atoms. The standard InChI is InChI=1S/C12H21N3S2/c1-4-13-9-10(12(17)11(9)16)14-7-5-6-8-15(2)3/h13-14H,4-8H2,1-3H3. The second-order valence-corrected chi connectivity index (χ2v) is 5.19. The molecule has 0 saturated carbocycles. The zero-order valence-corrected chi connectivity index (χ0v) is 12.4. The molecular formula is C12H21N3S2. The molecule has 0 unspecified atom stereocenters. The van der Waals surface area contributed by atoms with E-state index in [0.717, 1.165) is 46.5 Å². The highest BCUT2D eigenvalue weighted by molar-refractivity contribution is 7.74. The zero-order valence-electron chi connectivity index (χ0n) is 10.8. The van der Waals surface area contributed by atoms with Crippen LogP contribution in [0.25, 0.3) is 0 Å². The monoisotopic (exact) mass is 271 g/mol. The molecule has 3 nitrogen and oxygen atoms in total. The summed E-state index contributed by atoms with van der Waals surface area (Å²) in [6, 6.07) is 0. The normalized spacial score (nSPS) is 11.1. The molecule has 1 rings (SSSR count). The van der Waals surface area contributed by atoms with Gasteiger partial charge in [0, 0.05) is 13.1 Å². The van der Waals surface area contributed by atoms with Gasteiger partial charge < -0.3 is 15.5 Å². The van der Waals surface area contributed by atoms with Crippen molar-refractivity contribution in [3.8, 4) is 0 Å². The Labute approximate surface area is 114 Å². The van der Waals surface area contributed by atoms with Gasteiger partial charge in [0.1, 0.15) is 0 Å². The van der Waals surface area contributed by atoms with E-state index in [9.17, 15) is 0 Å². The van der Waals surface area contributed by atoms with E-state index in [1.807, 2.05) is 0 Å². The summed E-state index contributed by atoms with van der Waals surface area (Å²) in [4.78, 5) is 2.20. The van der Waals surface area contributed by atoms with E-state index in [1.165, 1.54) is 6.42 Å². The molecule has 1 aromatic rings. The van der Waals surface area contributed by atoms with Gasteiger partial charge in [0.2, 0.25) is 0 Å². The number of nitrogens with zero attached hydrogens (tertiary/aromatic N) is 1. The summed E-state index contributed by atoms with van der Waals surface area (Å²) in [5.74, 6) is 0. The van der Waals surface area contributed by atoms with Crippen LogP contribution in [0, 0.1) is 9.02 Å². The molecule has 0 amide bonds. The predicted octanol–water partition coefficient (Wildman–Crippen LogP) is 3.21. The highest BCUT2D eigenvalue weighted by Crippen LogP contribution is 2.32. The second-order valence-electron chi connectivity index (χ2n) is 4.38. The van der Waals surface area contributed by atoms with Crippen LogP contribution in [0.1, 0.15) is 19.8 Å². The van der Waals surface area contributed by atoms with Gasteiger partial charge in [-0.2, -0.15) is 0 Å². The Hall–Kier alpha value is -0.520. The van der Waals surface area contributed by atoms with Gasteiger partial charge in [0.05, 0.1) is 20.4 Å². The molecule has 0 aliphatic carbocycles. The quantitative estimate of drug-likeness (QED) is 0.559. The minimum absolute atomic E-state index is 0.803. The van der Waals surface area contributed by atoms with Crippen LogP contribution in [-0.4, -0.2) is 38.6 Å². The lowest BCUT2D eigenvalue weighted by molar-refractivity contribution is 0.396. The third kappa shape index (κ3) is 4.01. The van der Waals surface area contributed by atoms with Crippen molar-refractivity contribution in [1.29, 1.82) is 0 Å². The van der Waals surface area contributed by atoms with Crippen molar-refractivity contribution in [1.82, 2.24) is 4.90 Å². The Bertz CT molecular complexity index is 419. The molecular weight excluding hydrogens is 250 g/mol. The van der Waals surface area contributed by atoms with Crippen LogP contribution < -0.4 is 10.6 Å². The van der Waals surface area contributed by atoms with Gasteiger partial charge in [0.25, 0.3) is 0 Å². The molecule has 96 valence electrons. The Morgan fingerprint density at radius 1 is 1.00 bits per heavy atom. The van der Waals surface area contributed by atoms with Crippen molar-refractivity contribution in [2.45, 2.75) is 19.8 Å². The van der Waals surface area contributed by atoms with Crippen LogP contribution in [0.3, 0.4) is 0 Å². The Kier molecular flexibility index (Phi) is 6.02. The fourth-order valence-electron chi connectivity index (χ4n) is 1.67. The Morgan fingerprint density at radius 2 is 1.59 bits per heavy atom. The van der Waals surface area contributed by atoms with Crippen molar-refractivity contribution in [3.05, 3.63) is 9.02 Å². The summed E-state index contributed by atoms with van der Waals surface area (Å²) in [5.41, 5.74) is 2.07. The van der Waals surface area contributed by atoms with Crippen LogP contribution in [0.15, 0.2) is 0 Å². The van der Waals surface area contributed by atoms with Crippen LogP contribution in [-0.2, 0) is 0 Å². The molecule has 2 N–H and O–H groups in total. The SMILES string of the molecule is CCNc1c(NCCCCN(C)C)c(=S)c1=S. The molecule has 0 aliphatic rings. The van der Waals surface area contributed by atoms with Crippen LogP contribution >= 0.6 is 24.4 Å². The second kappa shape index (κ2) is 7.03. The number of hydrogen-bond donors (Lipinski definition) is 2. The van der Waals surface area contributed by atoms with E-state index < -0.39 is 0 Å². The maximum atomic E-state index is 5.23. The van der Waals surface area contributed by atoms with Gasteiger partial charge in [-0.3, -0.25) is 0 Å². The van der Waals surface area contributed by atoms with E-state index in [2.05, 4.69) is 36.6 Å². The molecule has 0 saturated heterocycles. The lowest BCUT2D eigenvalue weighted by atomic mass is 10.2. The minimum Gasteiger partial charge on any atom is -0.382 e. The molecule has 0 bridgehead atoms. The summed E-state index contributed by atoms with van der Waals surface area (Å²) < 4.78 is 1.61. The molecule has 0 atom stereocenters. The van der Waals surface area contributed by atoms with E-state index in [1.54, 1.807) is 0 Å². The van der Waals surface area contributed by atoms with Gasteiger partial charge in [0.15, 0.2) is 0 Å². The van der Waals surface area contributed by atoms with Crippen LogP contribution in [0.5, 0.6) is 0 Å². The lowest BCUT2D eigenvalue weighted by Crippen LogP contribution is -2.15. The first-order valence-electron chi connectivity index (χ1n) is 6.03. The molecule has 5 heteroatoms. The fraction of sp³-hybridized carbons (Fsp3) is 0.667. The van der Waals surface area contributed by atoms with Crippen LogP contribution in [0.2, 0.25) is 0 Å². The fourth-order valence-corrected chi connectivity index (χ4v) is 2.22. The molecule has 0 radical (unpaired) electrons. The number of hydrogen-bond acceptors (Lipinski definition) is 5. The van der Waals surface area contributed by atoms with Crippen LogP contribution in [0.4, 0.5) is 11.4 Å². The Morgan fingerprint density at radius 3 is 2.12 bits per heavy atom. The number of nitrogens with one attached hydrogen (secondary N) is 2. The van der Waals surface area contributed by atoms with E-state index in [0.29, 0.717) is 0 Å². The lowest BCUT2D eigenvalue weighted by Gasteiger charge is -2.17. The van der Waals surface area contributed by atoms with Crippen molar-refractivity contribution in [2.24, 2.45) is 0 Å². The summed E-state index contributed by atoms with van der Waals surface area (Å²) in [5, 5.41) is 6.63. The molecule has 0 fully saturated rings. The topological polar surface area (TPSA) is 27.3 Å². The smallest absolute Gasteiger partial charge is 0.0832 e. The summed E-state index contributed by atoms with van der Waals surface area (Å²) in [7, 11) is 4.19. The highest BCUT2D eigenvalue weighted by Gasteiger charge is 2.12. The van der Waals surface area contributed by atoms with Gasteiger partial charge in [-0.05, 0) is 40.4 Å². The van der Waals surface area contributed by atoms with Gasteiger partial charge >= 0.3 is 0 Å². The van der Waals surface area contributed by atoms with Crippen molar-refractivity contribution < 1.29 is 0 Å². The summed E-state index contributed by atoms with van der Waals surface area (Å²) >= 11 is 10.4. The summed E-state index contributed by atoms with van der Waals surface area (Å²) in [6.07, 6.45) is 2.34. The van der Waals surface area contributed by atoms with Gasteiger partial charge in [-0.1, -0.05) is 24.4 Å². The molecule has 0 spiro atoms. The average molecular weight is 271 g/mol. The number of anilines is 2. The summed E-state index contributed by atoms with van der Waals surface area (Å²) in [6.45, 7) is 5.03. The first kappa shape index (κ1) is 14.5. The van der Waals surface area contributed by atoms with E-state index in [-0.39, 0.29) is 0 Å². The number of rotatable bonds is 8. The third-order valence-corrected chi connectivity index (χ3v) is 3.54. The van der Waals surface area contributed by atoms with E-state index >= 15 is 0 Å². The maximum Gasteiger partial charge on any atom is 0.0832 e. The average Bonchev–Trinajstić information content (AvgIpc) is 2.30. The molecule has 0 aliphatic heterocycles. The van der Waals surface area contributed by atoms with Gasteiger partial charge in [-0.15, -0.1) is 0 Å². The van der Waals surface area contributed by atoms with E-state index in [4.69, 9.17) is 24.4 Å². The molecule has 1 aromatic carbocycles.